The third-order valence-corrected chi connectivity index (χ3v) is 8.91. The molecule has 2 aliphatic rings. The van der Waals surface area contributed by atoms with Crippen molar-refractivity contribution < 1.29 is 23.1 Å². The second-order valence-corrected chi connectivity index (χ2v) is 11.6. The number of sulfonamides is 1. The van der Waals surface area contributed by atoms with E-state index in [4.69, 9.17) is 4.74 Å². The summed E-state index contributed by atoms with van der Waals surface area (Å²) in [4.78, 5) is 18.2. The average Bonchev–Trinajstić information content (AvgIpc) is 3.32. The smallest absolute Gasteiger partial charge is 0.240 e. The number of aromatic nitrogens is 1. The first-order valence-electron chi connectivity index (χ1n) is 12.6. The van der Waals surface area contributed by atoms with E-state index in [9.17, 15) is 18.3 Å². The number of aliphatic hydroxyl groups excluding tert-OH is 1. The molecular formula is C27H33N3O5S. The number of benzene rings is 2. The van der Waals surface area contributed by atoms with Crippen molar-refractivity contribution in [2.45, 2.75) is 50.2 Å². The molecule has 8 nitrogen and oxygen atoms in total. The van der Waals surface area contributed by atoms with E-state index in [-0.39, 0.29) is 29.4 Å². The molecule has 192 valence electrons. The quantitative estimate of drug-likeness (QED) is 0.470. The van der Waals surface area contributed by atoms with Gasteiger partial charge in [0, 0.05) is 47.2 Å². The summed E-state index contributed by atoms with van der Waals surface area (Å²) in [7, 11) is -3.69. The molecule has 36 heavy (non-hydrogen) atoms. The lowest BCUT2D eigenvalue weighted by atomic mass is 9.85. The number of aromatic amines is 1. The number of aliphatic hydroxyl groups is 1. The molecule has 5 rings (SSSR count). The Morgan fingerprint density at radius 3 is 2.53 bits per heavy atom. The molecule has 1 aromatic heterocycles. The Morgan fingerprint density at radius 2 is 1.83 bits per heavy atom. The van der Waals surface area contributed by atoms with E-state index in [0.29, 0.717) is 52.0 Å². The lowest BCUT2D eigenvalue weighted by Crippen LogP contribution is -2.46. The van der Waals surface area contributed by atoms with Gasteiger partial charge in [0.1, 0.15) is 0 Å². The second kappa shape index (κ2) is 10.3. The van der Waals surface area contributed by atoms with E-state index in [1.54, 1.807) is 12.1 Å². The van der Waals surface area contributed by atoms with Gasteiger partial charge in [0.2, 0.25) is 15.9 Å². The molecule has 2 fully saturated rings. The zero-order chi connectivity index (χ0) is 25.3. The Labute approximate surface area is 211 Å². The fraction of sp³-hybridized carbons (Fsp3) is 0.444. The maximum atomic E-state index is 13.2. The Kier molecular flexibility index (Phi) is 7.16. The number of ether oxygens (including phenoxy) is 1. The lowest BCUT2D eigenvalue weighted by Gasteiger charge is -2.34. The van der Waals surface area contributed by atoms with E-state index < -0.39 is 10.0 Å². The number of nitrogens with zero attached hydrogens (tertiary/aromatic N) is 1. The number of nitrogens with one attached hydrogen (secondary N) is 2. The zero-order valence-corrected chi connectivity index (χ0v) is 21.3. The van der Waals surface area contributed by atoms with Crippen molar-refractivity contribution in [3.63, 3.8) is 0 Å². The van der Waals surface area contributed by atoms with Gasteiger partial charge in [-0.25, -0.2) is 13.1 Å². The van der Waals surface area contributed by atoms with Crippen molar-refractivity contribution in [3.8, 4) is 11.3 Å². The number of H-pyrrole nitrogens is 1. The van der Waals surface area contributed by atoms with Crippen molar-refractivity contribution in [2.75, 3.05) is 26.3 Å². The molecule has 3 aromatic rings. The number of fused-ring (bicyclic) bond motifs is 1. The predicted octanol–water partition coefficient (Wildman–Crippen LogP) is 3.33. The van der Waals surface area contributed by atoms with Gasteiger partial charge >= 0.3 is 0 Å². The Balaban J connectivity index is 1.26. The minimum Gasteiger partial charge on any atom is -0.392 e. The van der Waals surface area contributed by atoms with Gasteiger partial charge in [0.25, 0.3) is 0 Å². The van der Waals surface area contributed by atoms with Crippen molar-refractivity contribution in [1.82, 2.24) is 14.6 Å². The molecule has 0 bridgehead atoms. The van der Waals surface area contributed by atoms with Crippen LogP contribution >= 0.6 is 0 Å². The van der Waals surface area contributed by atoms with Gasteiger partial charge in [-0.2, -0.15) is 0 Å². The number of morpholine rings is 1. The highest BCUT2D eigenvalue weighted by Gasteiger charge is 2.32. The molecule has 3 N–H and O–H groups in total. The number of rotatable bonds is 6. The molecule has 9 heteroatoms. The summed E-state index contributed by atoms with van der Waals surface area (Å²) in [6.07, 6.45) is 2.68. The first-order chi connectivity index (χ1) is 17.3. The highest BCUT2D eigenvalue weighted by atomic mass is 32.2. The van der Waals surface area contributed by atoms with Crippen LogP contribution in [-0.4, -0.2) is 61.7 Å². The van der Waals surface area contributed by atoms with Crippen molar-refractivity contribution in [3.05, 3.63) is 53.6 Å². The third kappa shape index (κ3) is 5.20. The van der Waals surface area contributed by atoms with Crippen LogP contribution in [0.25, 0.3) is 22.2 Å². The lowest BCUT2D eigenvalue weighted by molar-refractivity contribution is -0.140. The number of carbonyl (C=O) groups is 1. The number of hydrogen-bond donors (Lipinski definition) is 3. The summed E-state index contributed by atoms with van der Waals surface area (Å²) in [5.74, 6) is 0.140. The number of carbonyl (C=O) groups excluding carboxylic acids is 1. The van der Waals surface area contributed by atoms with Gasteiger partial charge in [-0.15, -0.1) is 0 Å². The van der Waals surface area contributed by atoms with Crippen LogP contribution in [0.15, 0.2) is 47.4 Å². The normalized spacial score (nSPS) is 21.1. The van der Waals surface area contributed by atoms with Gasteiger partial charge in [0.05, 0.1) is 24.7 Å². The molecule has 1 amide bonds. The summed E-state index contributed by atoms with van der Waals surface area (Å²) in [5.41, 5.74) is 4.54. The highest BCUT2D eigenvalue weighted by Crippen LogP contribution is 2.30. The van der Waals surface area contributed by atoms with E-state index >= 15 is 0 Å². The standard InChI is InChI=1S/C27H33N3O5S/c1-18-14-19(17-31)2-9-24(18)26-15-21-5-8-23(16-25(21)28-26)36(33,34)29-22-6-3-20(4-7-22)27(32)30-10-12-35-13-11-30/h2,5,8-9,14-16,20,22,28-29,31H,3-4,6-7,10-13,17H2,1H3/t20-,22-. The minimum absolute atomic E-state index is 0.00608. The van der Waals surface area contributed by atoms with E-state index in [0.717, 1.165) is 33.3 Å². The second-order valence-electron chi connectivity index (χ2n) is 9.85. The maximum Gasteiger partial charge on any atom is 0.240 e. The Bertz CT molecular complexity index is 1350. The summed E-state index contributed by atoms with van der Waals surface area (Å²) in [5, 5.41) is 10.3. The summed E-state index contributed by atoms with van der Waals surface area (Å²) < 4.78 is 34.5. The molecule has 0 spiro atoms. The van der Waals surface area contributed by atoms with E-state index in [2.05, 4.69) is 9.71 Å². The van der Waals surface area contributed by atoms with Crippen molar-refractivity contribution >= 4 is 26.8 Å². The van der Waals surface area contributed by atoms with Crippen LogP contribution in [0.5, 0.6) is 0 Å². The van der Waals surface area contributed by atoms with Gasteiger partial charge < -0.3 is 19.7 Å². The van der Waals surface area contributed by atoms with Crippen molar-refractivity contribution in [1.29, 1.82) is 0 Å². The van der Waals surface area contributed by atoms with Crippen LogP contribution in [0, 0.1) is 12.8 Å². The molecule has 2 aromatic carbocycles. The molecule has 2 heterocycles. The third-order valence-electron chi connectivity index (χ3n) is 7.39. The molecule has 1 saturated carbocycles. The predicted molar refractivity (Wildman–Crippen MR) is 138 cm³/mol. The fourth-order valence-corrected chi connectivity index (χ4v) is 6.66. The van der Waals surface area contributed by atoms with Crippen LogP contribution in [0.3, 0.4) is 0 Å². The Morgan fingerprint density at radius 1 is 1.08 bits per heavy atom. The number of aryl methyl sites for hydroxylation is 1. The molecule has 1 aliphatic heterocycles. The maximum absolute atomic E-state index is 13.2. The topological polar surface area (TPSA) is 112 Å². The van der Waals surface area contributed by atoms with Gasteiger partial charge in [-0.3, -0.25) is 4.79 Å². The van der Waals surface area contributed by atoms with Crippen LogP contribution in [-0.2, 0) is 26.2 Å². The first kappa shape index (κ1) is 25.0. The first-order valence-corrected chi connectivity index (χ1v) is 14.0. The van der Waals surface area contributed by atoms with E-state index in [1.807, 2.05) is 42.2 Å². The van der Waals surface area contributed by atoms with Crippen molar-refractivity contribution in [2.24, 2.45) is 5.92 Å². The average molecular weight is 512 g/mol. The van der Waals surface area contributed by atoms with Crippen LogP contribution in [0.2, 0.25) is 0 Å². The SMILES string of the molecule is Cc1cc(CO)ccc1-c1cc2ccc(S(=O)(=O)N[C@H]3CC[C@H](C(=O)N4CCOCC4)CC3)cc2[nH]1. The van der Waals surface area contributed by atoms with E-state index in [1.165, 1.54) is 0 Å². The highest BCUT2D eigenvalue weighted by molar-refractivity contribution is 7.89. The van der Waals surface area contributed by atoms with Gasteiger partial charge in [-0.05, 0) is 61.9 Å². The van der Waals surface area contributed by atoms with Crippen LogP contribution in [0.1, 0.15) is 36.8 Å². The van der Waals surface area contributed by atoms with Gasteiger partial charge in [0.15, 0.2) is 0 Å². The number of amides is 1. The summed E-state index contributed by atoms with van der Waals surface area (Å²) in [6, 6.07) is 12.8. The molecular weight excluding hydrogens is 478 g/mol. The minimum atomic E-state index is -3.69. The molecule has 0 atom stereocenters. The van der Waals surface area contributed by atoms with Crippen LogP contribution < -0.4 is 4.72 Å². The summed E-state index contributed by atoms with van der Waals surface area (Å²) >= 11 is 0. The van der Waals surface area contributed by atoms with Crippen LogP contribution in [0.4, 0.5) is 0 Å². The summed E-state index contributed by atoms with van der Waals surface area (Å²) in [6.45, 7) is 4.44. The largest absolute Gasteiger partial charge is 0.392 e. The zero-order valence-electron chi connectivity index (χ0n) is 20.5. The molecule has 0 unspecified atom stereocenters. The Hall–Kier alpha value is -2.72. The molecule has 1 saturated heterocycles. The molecule has 0 radical (unpaired) electrons. The number of hydrogen-bond acceptors (Lipinski definition) is 5. The van der Waals surface area contributed by atoms with Gasteiger partial charge in [-0.1, -0.05) is 24.3 Å². The molecule has 1 aliphatic carbocycles. The fourth-order valence-electron chi connectivity index (χ4n) is 5.33. The monoisotopic (exact) mass is 511 g/mol.